The van der Waals surface area contributed by atoms with Crippen LogP contribution in [0, 0.1) is 0 Å². The first-order valence-electron chi connectivity index (χ1n) is 23.1. The van der Waals surface area contributed by atoms with E-state index >= 15 is 0 Å². The zero-order chi connectivity index (χ0) is 44.3. The summed E-state index contributed by atoms with van der Waals surface area (Å²) in [5, 5.41) is 4.74. The van der Waals surface area contributed by atoms with Crippen LogP contribution in [0.3, 0.4) is 0 Å². The van der Waals surface area contributed by atoms with Gasteiger partial charge < -0.3 is 9.32 Å². The molecular formula is C65H43NO. The van der Waals surface area contributed by atoms with E-state index in [0.717, 1.165) is 61.3 Å². The fourth-order valence-electron chi connectivity index (χ4n) is 10.9. The first-order valence-corrected chi connectivity index (χ1v) is 23.1. The molecule has 0 fully saturated rings. The van der Waals surface area contributed by atoms with E-state index in [-0.39, 0.29) is 0 Å². The van der Waals surface area contributed by atoms with E-state index < -0.39 is 5.41 Å². The lowest BCUT2D eigenvalue weighted by molar-refractivity contribution is 0.669. The van der Waals surface area contributed by atoms with Crippen LogP contribution in [-0.2, 0) is 5.41 Å². The molecule has 0 saturated carbocycles. The van der Waals surface area contributed by atoms with Gasteiger partial charge in [-0.25, -0.2) is 0 Å². The van der Waals surface area contributed by atoms with Crippen molar-refractivity contribution >= 4 is 49.8 Å². The van der Waals surface area contributed by atoms with Gasteiger partial charge in [-0.15, -0.1) is 0 Å². The number of rotatable bonds is 8. The summed E-state index contributed by atoms with van der Waals surface area (Å²) in [7, 11) is 0. The number of para-hydroxylation sites is 2. The van der Waals surface area contributed by atoms with Crippen LogP contribution >= 0.6 is 0 Å². The maximum absolute atomic E-state index is 6.48. The summed E-state index contributed by atoms with van der Waals surface area (Å²) in [6.45, 7) is 0. The Morgan fingerprint density at radius 3 is 1.70 bits per heavy atom. The quantitative estimate of drug-likeness (QED) is 0.151. The van der Waals surface area contributed by atoms with Gasteiger partial charge in [-0.3, -0.25) is 0 Å². The number of benzene rings is 11. The van der Waals surface area contributed by atoms with Gasteiger partial charge in [0.05, 0.1) is 11.1 Å². The second-order valence-electron chi connectivity index (χ2n) is 17.6. The fourth-order valence-corrected chi connectivity index (χ4v) is 10.9. The van der Waals surface area contributed by atoms with Crippen LogP contribution in [0.15, 0.2) is 265 Å². The zero-order valence-electron chi connectivity index (χ0n) is 36.7. The average molecular weight is 854 g/mol. The predicted octanol–water partition coefficient (Wildman–Crippen LogP) is 17.6. The second kappa shape index (κ2) is 15.8. The van der Waals surface area contributed by atoms with Gasteiger partial charge in [0, 0.05) is 27.7 Å². The molecule has 67 heavy (non-hydrogen) atoms. The van der Waals surface area contributed by atoms with Crippen molar-refractivity contribution in [1.29, 1.82) is 0 Å². The predicted molar refractivity (Wildman–Crippen MR) is 280 cm³/mol. The van der Waals surface area contributed by atoms with Gasteiger partial charge in [0.15, 0.2) is 0 Å². The molecule has 0 amide bonds. The average Bonchev–Trinajstić information content (AvgIpc) is 3.92. The minimum atomic E-state index is -0.546. The van der Waals surface area contributed by atoms with Gasteiger partial charge in [-0.2, -0.15) is 0 Å². The maximum Gasteiger partial charge on any atom is 0.136 e. The van der Waals surface area contributed by atoms with Gasteiger partial charge >= 0.3 is 0 Å². The Morgan fingerprint density at radius 1 is 0.299 bits per heavy atom. The normalized spacial score (nSPS) is 12.6. The van der Waals surface area contributed by atoms with Crippen LogP contribution < -0.4 is 4.90 Å². The highest BCUT2D eigenvalue weighted by atomic mass is 16.3. The van der Waals surface area contributed by atoms with Crippen molar-refractivity contribution < 1.29 is 4.42 Å². The van der Waals surface area contributed by atoms with Crippen molar-refractivity contribution in [2.75, 3.05) is 4.90 Å². The van der Waals surface area contributed by atoms with Crippen molar-refractivity contribution in [3.8, 4) is 44.5 Å². The molecule has 2 nitrogen and oxygen atoms in total. The first-order chi connectivity index (χ1) is 33.2. The summed E-state index contributed by atoms with van der Waals surface area (Å²) in [4.78, 5) is 2.45. The van der Waals surface area contributed by atoms with Crippen LogP contribution in [0.4, 0.5) is 17.1 Å². The van der Waals surface area contributed by atoms with Crippen molar-refractivity contribution in [2.45, 2.75) is 5.41 Å². The monoisotopic (exact) mass is 853 g/mol. The molecule has 0 spiro atoms. The largest absolute Gasteiger partial charge is 0.456 e. The Hall–Kier alpha value is -8.72. The molecule has 1 heterocycles. The molecule has 0 bridgehead atoms. The molecule has 0 unspecified atom stereocenters. The van der Waals surface area contributed by atoms with Gasteiger partial charge in [0.1, 0.15) is 11.2 Å². The number of hydrogen-bond acceptors (Lipinski definition) is 2. The lowest BCUT2D eigenvalue weighted by atomic mass is 9.67. The molecule has 0 aliphatic heterocycles. The van der Waals surface area contributed by atoms with E-state index in [1.165, 1.54) is 55.3 Å². The highest BCUT2D eigenvalue weighted by Gasteiger charge is 2.46. The molecule has 0 radical (unpaired) electrons. The third-order valence-corrected chi connectivity index (χ3v) is 14.0. The van der Waals surface area contributed by atoms with Gasteiger partial charge in [0.2, 0.25) is 0 Å². The lowest BCUT2D eigenvalue weighted by Crippen LogP contribution is -2.28. The number of hydrogen-bond donors (Lipinski definition) is 0. The highest BCUT2D eigenvalue weighted by Crippen LogP contribution is 2.57. The van der Waals surface area contributed by atoms with Gasteiger partial charge in [-0.05, 0) is 121 Å². The van der Waals surface area contributed by atoms with Crippen molar-refractivity contribution in [1.82, 2.24) is 0 Å². The van der Waals surface area contributed by atoms with Crippen LogP contribution in [0.1, 0.15) is 22.3 Å². The summed E-state index contributed by atoms with van der Waals surface area (Å²) in [6.07, 6.45) is 0. The van der Waals surface area contributed by atoms with Crippen LogP contribution in [0.25, 0.3) is 77.2 Å². The topological polar surface area (TPSA) is 16.4 Å². The fraction of sp³-hybridized carbons (Fsp3) is 0.0154. The molecule has 314 valence electrons. The summed E-state index contributed by atoms with van der Waals surface area (Å²) >= 11 is 0. The van der Waals surface area contributed by atoms with Crippen molar-refractivity contribution in [2.24, 2.45) is 0 Å². The molecule has 0 saturated heterocycles. The number of anilines is 3. The zero-order valence-corrected chi connectivity index (χ0v) is 36.7. The number of fused-ring (bicyclic) bond motifs is 7. The Kier molecular flexibility index (Phi) is 9.11. The molecule has 1 aromatic heterocycles. The summed E-state index contributed by atoms with van der Waals surface area (Å²) in [5.74, 6) is 0. The SMILES string of the molecule is c1ccc(C2(c3ccccc3)c3ccccc3-c3ccc(N(c4cccc(-c5ccc(-c6cccc7ccccc67)cc5)c4)c4ccccc4-c4ccc5c(c4)oc4ccccc45)cc32)cc1. The molecule has 2 heteroatoms. The minimum absolute atomic E-state index is 0.546. The van der Waals surface area contributed by atoms with Gasteiger partial charge in [0.25, 0.3) is 0 Å². The second-order valence-corrected chi connectivity index (χ2v) is 17.6. The number of nitrogens with zero attached hydrogens (tertiary/aromatic N) is 1. The van der Waals surface area contributed by atoms with E-state index in [1.54, 1.807) is 0 Å². The summed E-state index contributed by atoms with van der Waals surface area (Å²) in [6, 6.07) is 95.2. The molecule has 0 atom stereocenters. The molecule has 11 aromatic carbocycles. The van der Waals surface area contributed by atoms with Crippen LogP contribution in [0.5, 0.6) is 0 Å². The Balaban J connectivity index is 1.01. The standard InChI is InChI=1S/C65H43NO/c1-3-20-49(21-4-1)65(50-22-5-2-6-23-50)60-30-12-9-27-56(60)57-40-38-52(43-61(57)65)66(62-31-13-10-26-55(62)48-37-39-59-58-28-11-14-32-63(58)67-64(59)42-48)51-24-15-19-47(41-51)44-33-35-46(36-34-44)54-29-16-18-45-17-7-8-25-53(45)54/h1-43H. The van der Waals surface area contributed by atoms with E-state index in [4.69, 9.17) is 4.42 Å². The van der Waals surface area contributed by atoms with Crippen LogP contribution in [0.2, 0.25) is 0 Å². The van der Waals surface area contributed by atoms with Gasteiger partial charge in [-0.1, -0.05) is 212 Å². The molecular weight excluding hydrogens is 811 g/mol. The van der Waals surface area contributed by atoms with E-state index in [2.05, 4.69) is 254 Å². The highest BCUT2D eigenvalue weighted by molar-refractivity contribution is 6.06. The van der Waals surface area contributed by atoms with E-state index in [1.807, 2.05) is 12.1 Å². The molecule has 1 aliphatic rings. The Bertz CT molecular complexity index is 3760. The van der Waals surface area contributed by atoms with E-state index in [0.29, 0.717) is 0 Å². The molecule has 1 aliphatic carbocycles. The molecule has 12 aromatic rings. The number of furan rings is 1. The van der Waals surface area contributed by atoms with Crippen LogP contribution in [-0.4, -0.2) is 0 Å². The molecule has 13 rings (SSSR count). The Labute approximate surface area is 390 Å². The van der Waals surface area contributed by atoms with Crippen molar-refractivity contribution in [3.63, 3.8) is 0 Å². The summed E-state index contributed by atoms with van der Waals surface area (Å²) in [5.41, 5.74) is 18.9. The Morgan fingerprint density at radius 2 is 0.881 bits per heavy atom. The first kappa shape index (κ1) is 38.7. The van der Waals surface area contributed by atoms with Crippen molar-refractivity contribution in [3.05, 3.63) is 283 Å². The third kappa shape index (κ3) is 6.26. The van der Waals surface area contributed by atoms with E-state index in [9.17, 15) is 0 Å². The third-order valence-electron chi connectivity index (χ3n) is 14.0. The minimum Gasteiger partial charge on any atom is -0.456 e. The molecule has 0 N–H and O–H groups in total. The lowest BCUT2D eigenvalue weighted by Gasteiger charge is -2.35. The summed E-state index contributed by atoms with van der Waals surface area (Å²) < 4.78 is 6.48. The maximum atomic E-state index is 6.48. The smallest absolute Gasteiger partial charge is 0.136 e.